The lowest BCUT2D eigenvalue weighted by Crippen LogP contribution is -2.33. The first-order valence-electron chi connectivity index (χ1n) is 11.1. The fourth-order valence-electron chi connectivity index (χ4n) is 3.21. The van der Waals surface area contributed by atoms with Gasteiger partial charge in [-0.3, -0.25) is 4.79 Å². The van der Waals surface area contributed by atoms with Crippen LogP contribution in [0, 0.1) is 5.92 Å². The Hall–Kier alpha value is -1.56. The third kappa shape index (κ3) is 11.3. The van der Waals surface area contributed by atoms with Gasteiger partial charge < -0.3 is 9.08 Å². The average Bonchev–Trinajstić information content (AvgIpc) is 2.66. The topological polar surface area (TPSA) is 63.7 Å². The van der Waals surface area contributed by atoms with Crippen LogP contribution in [0.15, 0.2) is 24.3 Å². The molecule has 0 radical (unpaired) electrons. The third-order valence-electron chi connectivity index (χ3n) is 4.78. The van der Waals surface area contributed by atoms with E-state index in [1.165, 1.54) is 32.1 Å². The number of hydrogen-bond acceptors (Lipinski definition) is 4. The van der Waals surface area contributed by atoms with Gasteiger partial charge >= 0.3 is 10.1 Å². The molecule has 6 heteroatoms. The van der Waals surface area contributed by atoms with E-state index < -0.39 is 10.1 Å². The molecule has 1 rings (SSSR count). The van der Waals surface area contributed by atoms with Crippen molar-refractivity contribution < 1.29 is 17.4 Å². The molecule has 0 aliphatic heterocycles. The molecule has 166 valence electrons. The summed E-state index contributed by atoms with van der Waals surface area (Å²) in [6, 6.07) is 7.01. The van der Waals surface area contributed by atoms with Crippen molar-refractivity contribution in [2.75, 3.05) is 12.3 Å². The first-order chi connectivity index (χ1) is 13.8. The Morgan fingerprint density at radius 3 is 2.31 bits per heavy atom. The molecule has 1 aromatic carbocycles. The summed E-state index contributed by atoms with van der Waals surface area (Å²) in [5.74, 6) is 0.759. The van der Waals surface area contributed by atoms with Crippen LogP contribution in [0.25, 0.3) is 0 Å². The van der Waals surface area contributed by atoms with Crippen LogP contribution in [0.5, 0.6) is 5.75 Å². The second kappa shape index (κ2) is 13.6. The van der Waals surface area contributed by atoms with E-state index in [0.29, 0.717) is 31.2 Å². The number of unbranched alkanes of at least 4 members (excludes halogenated alkanes) is 6. The maximum Gasteiger partial charge on any atom is 0.308 e. The molecule has 0 N–H and O–H groups in total. The lowest BCUT2D eigenvalue weighted by Gasteiger charge is -2.25. The van der Waals surface area contributed by atoms with Gasteiger partial charge in [0.2, 0.25) is 5.91 Å². The molecular formula is C23H39NO4S. The molecule has 29 heavy (non-hydrogen) atoms. The van der Waals surface area contributed by atoms with Gasteiger partial charge in [-0.15, -0.1) is 0 Å². The molecule has 0 aliphatic carbocycles. The number of carbonyl (C=O) groups excluding carboxylic acids is 1. The fraction of sp³-hybridized carbons (Fsp3) is 0.696. The summed E-state index contributed by atoms with van der Waals surface area (Å²) in [6.45, 7) is 9.12. The van der Waals surface area contributed by atoms with E-state index in [0.717, 1.165) is 18.4 Å². The van der Waals surface area contributed by atoms with Crippen molar-refractivity contribution in [3.8, 4) is 5.75 Å². The summed E-state index contributed by atoms with van der Waals surface area (Å²) in [4.78, 5) is 14.7. The summed E-state index contributed by atoms with van der Waals surface area (Å²) >= 11 is 0. The maximum atomic E-state index is 12.8. The van der Waals surface area contributed by atoms with Gasteiger partial charge in [-0.25, -0.2) is 0 Å². The van der Waals surface area contributed by atoms with E-state index in [1.807, 2.05) is 11.0 Å². The van der Waals surface area contributed by atoms with E-state index in [2.05, 4.69) is 20.8 Å². The van der Waals surface area contributed by atoms with Crippen molar-refractivity contribution in [2.24, 2.45) is 5.92 Å². The van der Waals surface area contributed by atoms with Gasteiger partial charge in [0.25, 0.3) is 0 Å². The Balaban J connectivity index is 2.63. The van der Waals surface area contributed by atoms with Crippen molar-refractivity contribution >= 4 is 16.0 Å². The zero-order chi connectivity index (χ0) is 21.7. The predicted molar refractivity (Wildman–Crippen MR) is 119 cm³/mol. The Morgan fingerprint density at radius 1 is 1.03 bits per heavy atom. The van der Waals surface area contributed by atoms with E-state index in [4.69, 9.17) is 4.18 Å². The zero-order valence-electron chi connectivity index (χ0n) is 18.7. The van der Waals surface area contributed by atoms with E-state index in [-0.39, 0.29) is 11.7 Å². The third-order valence-corrected chi connectivity index (χ3v) is 5.93. The molecule has 0 saturated carbocycles. The zero-order valence-corrected chi connectivity index (χ0v) is 19.5. The Bertz CT molecular complexity index is 701. The van der Waals surface area contributed by atoms with Crippen LogP contribution in [0.1, 0.15) is 84.6 Å². The Labute approximate surface area is 178 Å². The van der Waals surface area contributed by atoms with Crippen molar-refractivity contribution in [1.29, 1.82) is 0 Å². The van der Waals surface area contributed by atoms with Crippen LogP contribution in [0.4, 0.5) is 0 Å². The van der Waals surface area contributed by atoms with Gasteiger partial charge in [-0.05, 0) is 37.0 Å². The number of rotatable bonds is 15. The predicted octanol–water partition coefficient (Wildman–Crippen LogP) is 5.54. The highest BCUT2D eigenvalue weighted by Gasteiger charge is 2.16. The lowest BCUT2D eigenvalue weighted by atomic mass is 10.1. The molecular weight excluding hydrogens is 386 g/mol. The average molecular weight is 426 g/mol. The maximum absolute atomic E-state index is 12.8. The minimum absolute atomic E-state index is 0.0758. The molecule has 0 heterocycles. The van der Waals surface area contributed by atoms with E-state index >= 15 is 0 Å². The summed E-state index contributed by atoms with van der Waals surface area (Å²) in [5.41, 5.74) is 0.877. The van der Waals surface area contributed by atoms with Gasteiger partial charge in [-0.1, -0.05) is 71.4 Å². The highest BCUT2D eigenvalue weighted by Crippen LogP contribution is 2.19. The van der Waals surface area contributed by atoms with Crippen LogP contribution >= 0.6 is 0 Å². The quantitative estimate of drug-likeness (QED) is 0.273. The Morgan fingerprint density at radius 2 is 1.69 bits per heavy atom. The van der Waals surface area contributed by atoms with Crippen LogP contribution < -0.4 is 4.18 Å². The van der Waals surface area contributed by atoms with Crippen molar-refractivity contribution in [3.63, 3.8) is 0 Å². The molecule has 0 aromatic heterocycles. The first kappa shape index (κ1) is 25.5. The van der Waals surface area contributed by atoms with Gasteiger partial charge in [-0.2, -0.15) is 8.42 Å². The molecule has 0 spiro atoms. The van der Waals surface area contributed by atoms with E-state index in [9.17, 15) is 13.2 Å². The molecule has 0 unspecified atom stereocenters. The SMILES string of the molecule is CCCCCCCCCC(=O)N(Cc1cccc(OS(=O)(=O)CC)c1)CC(C)C. The van der Waals surface area contributed by atoms with Crippen LogP contribution in [-0.2, 0) is 21.5 Å². The number of carbonyl (C=O) groups is 1. The highest BCUT2D eigenvalue weighted by atomic mass is 32.2. The highest BCUT2D eigenvalue weighted by molar-refractivity contribution is 7.87. The van der Waals surface area contributed by atoms with Crippen LogP contribution in [0.2, 0.25) is 0 Å². The molecule has 5 nitrogen and oxygen atoms in total. The van der Waals surface area contributed by atoms with E-state index in [1.54, 1.807) is 25.1 Å². The minimum atomic E-state index is -3.56. The molecule has 0 bridgehead atoms. The number of amides is 1. The Kier molecular flexibility index (Phi) is 12.0. The molecule has 0 saturated heterocycles. The molecule has 1 amide bonds. The molecule has 0 atom stereocenters. The second-order valence-corrected chi connectivity index (χ2v) is 9.98. The summed E-state index contributed by atoms with van der Waals surface area (Å²) in [6.07, 6.45) is 8.88. The van der Waals surface area contributed by atoms with Gasteiger partial charge in [0, 0.05) is 19.5 Å². The van der Waals surface area contributed by atoms with Gasteiger partial charge in [0.05, 0.1) is 5.75 Å². The van der Waals surface area contributed by atoms with Crippen molar-refractivity contribution in [2.45, 2.75) is 85.6 Å². The molecule has 0 aliphatic rings. The smallest absolute Gasteiger partial charge is 0.308 e. The monoisotopic (exact) mass is 425 g/mol. The van der Waals surface area contributed by atoms with Crippen LogP contribution in [0.3, 0.4) is 0 Å². The largest absolute Gasteiger partial charge is 0.382 e. The summed E-state index contributed by atoms with van der Waals surface area (Å²) in [5, 5.41) is 0. The number of benzene rings is 1. The normalized spacial score (nSPS) is 11.6. The fourth-order valence-corrected chi connectivity index (χ4v) is 3.72. The summed E-state index contributed by atoms with van der Waals surface area (Å²) in [7, 11) is -3.56. The number of nitrogens with zero attached hydrogens (tertiary/aromatic N) is 1. The molecule has 0 fully saturated rings. The van der Waals surface area contributed by atoms with Gasteiger partial charge in [0.1, 0.15) is 5.75 Å². The van der Waals surface area contributed by atoms with Crippen molar-refractivity contribution in [3.05, 3.63) is 29.8 Å². The molecule has 1 aromatic rings. The van der Waals surface area contributed by atoms with Crippen LogP contribution in [-0.4, -0.2) is 31.5 Å². The standard InChI is InChI=1S/C23H39NO4S/c1-5-7-8-9-10-11-12-16-23(25)24(18-20(3)4)19-21-14-13-15-22(17-21)28-29(26,27)6-2/h13-15,17,20H,5-12,16,18-19H2,1-4H3. The lowest BCUT2D eigenvalue weighted by molar-refractivity contribution is -0.132. The first-order valence-corrected chi connectivity index (χ1v) is 12.6. The van der Waals surface area contributed by atoms with Gasteiger partial charge in [0.15, 0.2) is 0 Å². The number of hydrogen-bond donors (Lipinski definition) is 0. The minimum Gasteiger partial charge on any atom is -0.382 e. The van der Waals surface area contributed by atoms with Crippen molar-refractivity contribution in [1.82, 2.24) is 4.90 Å². The second-order valence-electron chi connectivity index (χ2n) is 8.12. The summed E-state index contributed by atoms with van der Waals surface area (Å²) < 4.78 is 28.5.